The molecule has 0 aliphatic rings. The van der Waals surface area contributed by atoms with Crippen molar-refractivity contribution in [1.82, 2.24) is 15.1 Å². The SMILES string of the molecule is O=C(COc1ccc([N+](=O)[O-])cc1)NCc1ccc(-n2ccc(C(F)(F)F)n2)cc1. The number of benzene rings is 2. The fourth-order valence-electron chi connectivity index (χ4n) is 2.45. The summed E-state index contributed by atoms with van der Waals surface area (Å²) in [6, 6.07) is 12.7. The van der Waals surface area contributed by atoms with E-state index in [4.69, 9.17) is 4.74 Å². The lowest BCUT2D eigenvalue weighted by molar-refractivity contribution is -0.384. The molecular formula is C19H15F3N4O4. The van der Waals surface area contributed by atoms with E-state index in [1.807, 2.05) is 0 Å². The van der Waals surface area contributed by atoms with Crippen LogP contribution in [0.4, 0.5) is 18.9 Å². The van der Waals surface area contributed by atoms with Crippen molar-refractivity contribution in [1.29, 1.82) is 0 Å². The first-order chi connectivity index (χ1) is 14.2. The molecule has 30 heavy (non-hydrogen) atoms. The van der Waals surface area contributed by atoms with Gasteiger partial charge in [-0.05, 0) is 35.9 Å². The highest BCUT2D eigenvalue weighted by Crippen LogP contribution is 2.27. The smallest absolute Gasteiger partial charge is 0.435 e. The van der Waals surface area contributed by atoms with Crippen LogP contribution in [0, 0.1) is 10.1 Å². The summed E-state index contributed by atoms with van der Waals surface area (Å²) in [6.45, 7) is -0.0843. The third-order valence-electron chi connectivity index (χ3n) is 3.99. The van der Waals surface area contributed by atoms with Gasteiger partial charge in [-0.15, -0.1) is 0 Å². The quantitative estimate of drug-likeness (QED) is 0.466. The topological polar surface area (TPSA) is 99.3 Å². The lowest BCUT2D eigenvalue weighted by Crippen LogP contribution is -2.28. The third kappa shape index (κ3) is 5.34. The zero-order valence-corrected chi connectivity index (χ0v) is 15.3. The van der Waals surface area contributed by atoms with Crippen molar-refractivity contribution in [3.8, 4) is 11.4 Å². The van der Waals surface area contributed by atoms with Crippen LogP contribution in [0.2, 0.25) is 0 Å². The summed E-state index contributed by atoms with van der Waals surface area (Å²) in [7, 11) is 0. The van der Waals surface area contributed by atoms with Crippen LogP contribution in [0.3, 0.4) is 0 Å². The first kappa shape index (κ1) is 20.8. The molecule has 3 rings (SSSR count). The summed E-state index contributed by atoms with van der Waals surface area (Å²) in [5.74, 6) is -0.0862. The number of non-ortho nitro benzene ring substituents is 1. The Morgan fingerprint density at radius 3 is 2.33 bits per heavy atom. The number of carbonyl (C=O) groups excluding carboxylic acids is 1. The van der Waals surface area contributed by atoms with E-state index >= 15 is 0 Å². The first-order valence-corrected chi connectivity index (χ1v) is 8.58. The Morgan fingerprint density at radius 2 is 1.77 bits per heavy atom. The van der Waals surface area contributed by atoms with Crippen molar-refractivity contribution in [3.05, 3.63) is 82.2 Å². The number of nitrogens with zero attached hydrogens (tertiary/aromatic N) is 3. The summed E-state index contributed by atoms with van der Waals surface area (Å²) >= 11 is 0. The van der Waals surface area contributed by atoms with Crippen molar-refractivity contribution in [3.63, 3.8) is 0 Å². The number of rotatable bonds is 7. The Kier molecular flexibility index (Phi) is 6.00. The van der Waals surface area contributed by atoms with Crippen molar-refractivity contribution in [2.45, 2.75) is 12.7 Å². The fraction of sp³-hybridized carbons (Fsp3) is 0.158. The van der Waals surface area contributed by atoms with Crippen LogP contribution < -0.4 is 10.1 Å². The van der Waals surface area contributed by atoms with Gasteiger partial charge < -0.3 is 10.1 Å². The average Bonchev–Trinajstić information content (AvgIpc) is 3.22. The molecule has 0 unspecified atom stereocenters. The maximum absolute atomic E-state index is 12.6. The highest BCUT2D eigenvalue weighted by Gasteiger charge is 2.33. The van der Waals surface area contributed by atoms with Crippen LogP contribution in [0.1, 0.15) is 11.3 Å². The Labute approximate surface area is 168 Å². The molecule has 0 aliphatic carbocycles. The molecule has 2 aromatic carbocycles. The van der Waals surface area contributed by atoms with E-state index in [0.29, 0.717) is 11.4 Å². The van der Waals surface area contributed by atoms with Crippen LogP contribution >= 0.6 is 0 Å². The number of ether oxygens (including phenoxy) is 1. The molecule has 0 aliphatic heterocycles. The number of hydrogen-bond acceptors (Lipinski definition) is 5. The van der Waals surface area contributed by atoms with E-state index in [9.17, 15) is 28.1 Å². The fourth-order valence-corrected chi connectivity index (χ4v) is 2.45. The molecule has 1 amide bonds. The second kappa shape index (κ2) is 8.64. The highest BCUT2D eigenvalue weighted by atomic mass is 19.4. The Balaban J connectivity index is 1.49. The second-order valence-electron chi connectivity index (χ2n) is 6.13. The number of carbonyl (C=O) groups is 1. The van der Waals surface area contributed by atoms with E-state index in [1.165, 1.54) is 30.5 Å². The maximum Gasteiger partial charge on any atom is 0.435 e. The summed E-state index contributed by atoms with van der Waals surface area (Å²) in [4.78, 5) is 21.9. The van der Waals surface area contributed by atoms with Gasteiger partial charge in [0.15, 0.2) is 12.3 Å². The molecule has 1 N–H and O–H groups in total. The molecule has 0 saturated heterocycles. The van der Waals surface area contributed by atoms with Gasteiger partial charge in [-0.2, -0.15) is 18.3 Å². The van der Waals surface area contributed by atoms with Gasteiger partial charge >= 0.3 is 6.18 Å². The molecule has 0 bridgehead atoms. The van der Waals surface area contributed by atoms with E-state index in [-0.39, 0.29) is 18.8 Å². The van der Waals surface area contributed by atoms with Crippen LogP contribution in [0.25, 0.3) is 5.69 Å². The Bertz CT molecular complexity index is 1030. The lowest BCUT2D eigenvalue weighted by atomic mass is 10.2. The number of nitrogens with one attached hydrogen (secondary N) is 1. The van der Waals surface area contributed by atoms with E-state index < -0.39 is 22.7 Å². The predicted octanol–water partition coefficient (Wildman–Crippen LogP) is 3.49. The number of nitro groups is 1. The number of aromatic nitrogens is 2. The number of alkyl halides is 3. The Morgan fingerprint density at radius 1 is 1.10 bits per heavy atom. The normalized spacial score (nSPS) is 11.2. The minimum absolute atomic E-state index is 0.0833. The molecule has 1 heterocycles. The highest BCUT2D eigenvalue weighted by molar-refractivity contribution is 5.77. The van der Waals surface area contributed by atoms with E-state index in [2.05, 4.69) is 10.4 Å². The van der Waals surface area contributed by atoms with Gasteiger partial charge in [0, 0.05) is 24.9 Å². The van der Waals surface area contributed by atoms with Crippen molar-refractivity contribution < 1.29 is 27.6 Å². The number of halogens is 3. The van der Waals surface area contributed by atoms with Gasteiger partial charge in [-0.1, -0.05) is 12.1 Å². The molecule has 156 valence electrons. The van der Waals surface area contributed by atoms with Gasteiger partial charge in [0.25, 0.3) is 11.6 Å². The van der Waals surface area contributed by atoms with Gasteiger partial charge in [-0.3, -0.25) is 14.9 Å². The van der Waals surface area contributed by atoms with Crippen molar-refractivity contribution in [2.75, 3.05) is 6.61 Å². The lowest BCUT2D eigenvalue weighted by Gasteiger charge is -2.08. The molecule has 0 radical (unpaired) electrons. The predicted molar refractivity (Wildman–Crippen MR) is 99.0 cm³/mol. The van der Waals surface area contributed by atoms with Crippen LogP contribution in [-0.4, -0.2) is 27.2 Å². The molecule has 3 aromatic rings. The van der Waals surface area contributed by atoms with Crippen molar-refractivity contribution >= 4 is 11.6 Å². The molecule has 0 saturated carbocycles. The third-order valence-corrected chi connectivity index (χ3v) is 3.99. The molecular weight excluding hydrogens is 405 g/mol. The van der Waals surface area contributed by atoms with Gasteiger partial charge in [0.05, 0.1) is 10.6 Å². The maximum atomic E-state index is 12.6. The molecule has 8 nitrogen and oxygen atoms in total. The number of hydrogen-bond donors (Lipinski definition) is 1. The first-order valence-electron chi connectivity index (χ1n) is 8.58. The molecule has 0 atom stereocenters. The van der Waals surface area contributed by atoms with Gasteiger partial charge in [0.2, 0.25) is 0 Å². The zero-order chi connectivity index (χ0) is 21.7. The van der Waals surface area contributed by atoms with Gasteiger partial charge in [0.1, 0.15) is 5.75 Å². The number of amides is 1. The average molecular weight is 420 g/mol. The van der Waals surface area contributed by atoms with E-state index in [1.54, 1.807) is 24.3 Å². The zero-order valence-electron chi connectivity index (χ0n) is 15.3. The molecule has 0 fully saturated rings. The van der Waals surface area contributed by atoms with Crippen LogP contribution in [0.15, 0.2) is 60.8 Å². The second-order valence-corrected chi connectivity index (χ2v) is 6.13. The molecule has 1 aromatic heterocycles. The monoisotopic (exact) mass is 420 g/mol. The summed E-state index contributed by atoms with van der Waals surface area (Å²) in [5, 5.41) is 16.7. The molecule has 11 heteroatoms. The standard InChI is InChI=1S/C19H15F3N4O4/c20-19(21,22)17-9-10-25(24-17)14-3-1-13(2-4-14)11-23-18(27)12-30-16-7-5-15(6-8-16)26(28)29/h1-10H,11-12H2,(H,23,27). The summed E-state index contributed by atoms with van der Waals surface area (Å²) in [6.07, 6.45) is -3.29. The minimum Gasteiger partial charge on any atom is -0.484 e. The Hall–Kier alpha value is -3.89. The van der Waals surface area contributed by atoms with E-state index in [0.717, 1.165) is 16.3 Å². The van der Waals surface area contributed by atoms with Crippen molar-refractivity contribution in [2.24, 2.45) is 0 Å². The van der Waals surface area contributed by atoms with Crippen LogP contribution in [-0.2, 0) is 17.5 Å². The number of nitro benzene ring substituents is 1. The molecule has 0 spiro atoms. The summed E-state index contributed by atoms with van der Waals surface area (Å²) in [5.41, 5.74) is 0.111. The van der Waals surface area contributed by atoms with Crippen LogP contribution in [0.5, 0.6) is 5.75 Å². The summed E-state index contributed by atoms with van der Waals surface area (Å²) < 4.78 is 44.2. The minimum atomic E-state index is -4.51. The largest absolute Gasteiger partial charge is 0.484 e. The van der Waals surface area contributed by atoms with Gasteiger partial charge in [-0.25, -0.2) is 4.68 Å².